The number of anilines is 4. The molecule has 4 rings (SSSR count). The summed E-state index contributed by atoms with van der Waals surface area (Å²) < 4.78 is 40.8. The van der Waals surface area contributed by atoms with Gasteiger partial charge in [0.15, 0.2) is 0 Å². The van der Waals surface area contributed by atoms with E-state index in [4.69, 9.17) is 0 Å². The van der Waals surface area contributed by atoms with Crippen molar-refractivity contribution < 1.29 is 22.8 Å². The van der Waals surface area contributed by atoms with E-state index >= 15 is 0 Å². The van der Waals surface area contributed by atoms with Crippen LogP contribution in [-0.4, -0.2) is 52.4 Å². The Kier molecular flexibility index (Phi) is 6.11. The highest BCUT2D eigenvalue weighted by atomic mass is 19.4. The van der Waals surface area contributed by atoms with E-state index in [1.807, 2.05) is 18.2 Å². The summed E-state index contributed by atoms with van der Waals surface area (Å²) in [6.07, 6.45) is -1.90. The van der Waals surface area contributed by atoms with Gasteiger partial charge in [-0.3, -0.25) is 10.1 Å². The first-order chi connectivity index (χ1) is 15.8. The minimum Gasteiger partial charge on any atom is -0.406 e. The topological polar surface area (TPSA) is 110 Å². The van der Waals surface area contributed by atoms with Gasteiger partial charge in [-0.05, 0) is 36.4 Å². The first-order valence-corrected chi connectivity index (χ1v) is 9.83. The number of piperazine rings is 1. The largest absolute Gasteiger partial charge is 0.573 e. The van der Waals surface area contributed by atoms with Crippen LogP contribution >= 0.6 is 0 Å². The Balaban J connectivity index is 1.51. The fourth-order valence-electron chi connectivity index (χ4n) is 3.43. The number of hydrogen-bond acceptors (Lipinski definition) is 9. The number of nitrogens with zero attached hydrogens (tertiary/aromatic N) is 6. The van der Waals surface area contributed by atoms with Crippen molar-refractivity contribution in [1.82, 2.24) is 15.0 Å². The third-order valence-corrected chi connectivity index (χ3v) is 4.89. The minimum absolute atomic E-state index is 0.0679. The molecule has 2 aromatic heterocycles. The number of rotatable bonds is 6. The molecule has 0 aliphatic carbocycles. The predicted molar refractivity (Wildman–Crippen MR) is 114 cm³/mol. The molecule has 3 heterocycles. The lowest BCUT2D eigenvalue weighted by molar-refractivity contribution is -0.383. The van der Waals surface area contributed by atoms with Crippen molar-refractivity contribution in [3.8, 4) is 5.75 Å². The molecule has 0 radical (unpaired) electrons. The number of hydrogen-bond donors (Lipinski definition) is 1. The maximum atomic E-state index is 12.3. The van der Waals surface area contributed by atoms with E-state index < -0.39 is 17.0 Å². The number of halogens is 3. The second-order valence-electron chi connectivity index (χ2n) is 7.01. The van der Waals surface area contributed by atoms with Crippen molar-refractivity contribution in [2.45, 2.75) is 6.36 Å². The van der Waals surface area contributed by atoms with Crippen LogP contribution in [0.5, 0.6) is 5.75 Å². The summed E-state index contributed by atoms with van der Waals surface area (Å²) in [5.41, 5.74) is -0.0170. The van der Waals surface area contributed by atoms with E-state index in [1.165, 1.54) is 18.5 Å². The van der Waals surface area contributed by atoms with Crippen molar-refractivity contribution in [2.24, 2.45) is 0 Å². The van der Waals surface area contributed by atoms with Gasteiger partial charge in [0.1, 0.15) is 17.9 Å². The Bertz CT molecular complexity index is 1110. The number of pyridine rings is 1. The van der Waals surface area contributed by atoms with Gasteiger partial charge in [-0.15, -0.1) is 13.2 Å². The van der Waals surface area contributed by atoms with Crippen LogP contribution < -0.4 is 19.9 Å². The molecule has 33 heavy (non-hydrogen) atoms. The van der Waals surface area contributed by atoms with Gasteiger partial charge in [0, 0.05) is 38.1 Å². The molecule has 1 saturated heterocycles. The van der Waals surface area contributed by atoms with E-state index in [9.17, 15) is 23.3 Å². The number of aromatic nitrogens is 3. The van der Waals surface area contributed by atoms with Crippen LogP contribution in [0.25, 0.3) is 0 Å². The molecule has 1 N–H and O–H groups in total. The molecule has 1 fully saturated rings. The molecule has 0 atom stereocenters. The van der Waals surface area contributed by atoms with E-state index in [0.717, 1.165) is 18.0 Å². The van der Waals surface area contributed by atoms with E-state index in [0.29, 0.717) is 31.9 Å². The van der Waals surface area contributed by atoms with Crippen LogP contribution in [-0.2, 0) is 0 Å². The van der Waals surface area contributed by atoms with Crippen molar-refractivity contribution in [2.75, 3.05) is 41.3 Å². The lowest BCUT2D eigenvalue weighted by atomic mass is 10.2. The SMILES string of the molecule is O=[N+]([O-])c1c(Nc2ccc(OC(F)(F)F)cc2)ncnc1N1CCN(c2ccccn2)CC1. The van der Waals surface area contributed by atoms with Gasteiger partial charge in [0.2, 0.25) is 11.6 Å². The quantitative estimate of drug-likeness (QED) is 0.434. The molecule has 10 nitrogen and oxygen atoms in total. The molecule has 1 aromatic carbocycles. The maximum absolute atomic E-state index is 12.3. The number of ether oxygens (including phenoxy) is 1. The van der Waals surface area contributed by atoms with Gasteiger partial charge in [0.25, 0.3) is 0 Å². The first kappa shape index (κ1) is 22.0. The fraction of sp³-hybridized carbons (Fsp3) is 0.250. The number of nitro groups is 1. The average molecular weight is 461 g/mol. The van der Waals surface area contributed by atoms with Gasteiger partial charge in [0.05, 0.1) is 4.92 Å². The molecule has 13 heteroatoms. The second kappa shape index (κ2) is 9.14. The van der Waals surface area contributed by atoms with Gasteiger partial charge < -0.3 is 19.9 Å². The van der Waals surface area contributed by atoms with Gasteiger partial charge in [-0.1, -0.05) is 6.07 Å². The lowest BCUT2D eigenvalue weighted by Gasteiger charge is -2.35. The first-order valence-electron chi connectivity index (χ1n) is 9.83. The fourth-order valence-corrected chi connectivity index (χ4v) is 3.43. The molecule has 172 valence electrons. The predicted octanol–water partition coefficient (Wildman–Crippen LogP) is 3.75. The van der Waals surface area contributed by atoms with Crippen LogP contribution in [0.3, 0.4) is 0 Å². The smallest absolute Gasteiger partial charge is 0.406 e. The summed E-state index contributed by atoms with van der Waals surface area (Å²) in [7, 11) is 0. The van der Waals surface area contributed by atoms with Crippen LogP contribution in [0.1, 0.15) is 0 Å². The summed E-state index contributed by atoms with van der Waals surface area (Å²) in [6, 6.07) is 10.4. The molecule has 1 aliphatic rings. The zero-order chi connectivity index (χ0) is 23.4. The highest BCUT2D eigenvalue weighted by Crippen LogP contribution is 2.34. The minimum atomic E-state index is -4.81. The molecule has 3 aromatic rings. The summed E-state index contributed by atoms with van der Waals surface area (Å²) in [4.78, 5) is 27.6. The van der Waals surface area contributed by atoms with Crippen molar-refractivity contribution in [3.63, 3.8) is 0 Å². The molecule has 0 spiro atoms. The molecule has 0 unspecified atom stereocenters. The molecular weight excluding hydrogens is 443 g/mol. The third kappa shape index (κ3) is 5.37. The zero-order valence-electron chi connectivity index (χ0n) is 17.1. The highest BCUT2D eigenvalue weighted by Gasteiger charge is 2.31. The number of alkyl halides is 3. The summed E-state index contributed by atoms with van der Waals surface area (Å²) >= 11 is 0. The molecular formula is C20H18F3N7O3. The Hall–Kier alpha value is -4.16. The summed E-state index contributed by atoms with van der Waals surface area (Å²) in [6.45, 7) is 2.16. The highest BCUT2D eigenvalue weighted by molar-refractivity contribution is 5.74. The Morgan fingerprint density at radius 2 is 1.67 bits per heavy atom. The number of nitrogens with one attached hydrogen (secondary N) is 1. The zero-order valence-corrected chi connectivity index (χ0v) is 17.1. The molecule has 0 saturated carbocycles. The monoisotopic (exact) mass is 461 g/mol. The van der Waals surface area contributed by atoms with Crippen LogP contribution in [0.15, 0.2) is 55.0 Å². The van der Waals surface area contributed by atoms with Crippen LogP contribution in [0.4, 0.5) is 42.0 Å². The second-order valence-corrected chi connectivity index (χ2v) is 7.01. The van der Waals surface area contributed by atoms with E-state index in [2.05, 4.69) is 29.9 Å². The van der Waals surface area contributed by atoms with E-state index in [-0.39, 0.29) is 17.3 Å². The lowest BCUT2D eigenvalue weighted by Crippen LogP contribution is -2.47. The summed E-state index contributed by atoms with van der Waals surface area (Å²) in [5.74, 6) is 0.517. The van der Waals surface area contributed by atoms with Crippen molar-refractivity contribution in [1.29, 1.82) is 0 Å². The molecule has 0 amide bonds. The normalized spacial score (nSPS) is 14.2. The Morgan fingerprint density at radius 1 is 0.970 bits per heavy atom. The molecule has 0 bridgehead atoms. The Morgan fingerprint density at radius 3 is 2.27 bits per heavy atom. The van der Waals surface area contributed by atoms with Crippen LogP contribution in [0.2, 0.25) is 0 Å². The van der Waals surface area contributed by atoms with Crippen LogP contribution in [0, 0.1) is 10.1 Å². The summed E-state index contributed by atoms with van der Waals surface area (Å²) in [5, 5.41) is 14.6. The van der Waals surface area contributed by atoms with Crippen molar-refractivity contribution in [3.05, 3.63) is 65.1 Å². The molecule has 1 aliphatic heterocycles. The third-order valence-electron chi connectivity index (χ3n) is 4.89. The average Bonchev–Trinajstić information content (AvgIpc) is 2.80. The van der Waals surface area contributed by atoms with E-state index in [1.54, 1.807) is 11.1 Å². The standard InChI is InChI=1S/C20H18F3N7O3/c21-20(22,23)33-15-6-4-14(5-7-15)27-18-17(30(31)32)19(26-13-25-18)29-11-9-28(10-12-29)16-3-1-2-8-24-16/h1-8,13H,9-12H2,(H,25,26,27). The van der Waals surface area contributed by atoms with Gasteiger partial charge in [-0.2, -0.15) is 0 Å². The van der Waals surface area contributed by atoms with Gasteiger partial charge in [-0.25, -0.2) is 15.0 Å². The van der Waals surface area contributed by atoms with Gasteiger partial charge >= 0.3 is 12.0 Å². The Labute approximate surface area is 185 Å². The maximum Gasteiger partial charge on any atom is 0.573 e. The van der Waals surface area contributed by atoms with Crippen molar-refractivity contribution >= 4 is 28.8 Å². The number of benzene rings is 1.